The number of rotatable bonds is 4. The van der Waals surface area contributed by atoms with Crippen molar-refractivity contribution in [3.63, 3.8) is 0 Å². The highest BCUT2D eigenvalue weighted by Gasteiger charge is 2.51. The van der Waals surface area contributed by atoms with Gasteiger partial charge in [-0.3, -0.25) is 0 Å². The van der Waals surface area contributed by atoms with Crippen LogP contribution in [0.3, 0.4) is 0 Å². The van der Waals surface area contributed by atoms with Crippen molar-refractivity contribution in [3.05, 3.63) is 0 Å². The smallest absolute Gasteiger partial charge is 0.337 e. The molecule has 0 aromatic heterocycles. The zero-order chi connectivity index (χ0) is 10.1. The monoisotopic (exact) mass is 187 g/mol. The number of carboxylic acids is 1. The van der Waals surface area contributed by atoms with E-state index >= 15 is 0 Å². The molecule has 0 bridgehead atoms. The normalized spacial score (nSPS) is 29.8. The number of carboxylic acid groups (broad SMARTS) is 1. The largest absolute Gasteiger partial charge is 0.479 e. The Bertz CT molecular complexity index is 199. The molecule has 0 saturated carbocycles. The summed E-state index contributed by atoms with van der Waals surface area (Å²) in [7, 11) is 0. The molecular weight excluding hydrogens is 170 g/mol. The quantitative estimate of drug-likeness (QED) is 0.676. The summed E-state index contributed by atoms with van der Waals surface area (Å²) >= 11 is 0. The Kier molecular flexibility index (Phi) is 2.93. The van der Waals surface area contributed by atoms with Gasteiger partial charge in [-0.1, -0.05) is 13.8 Å². The van der Waals surface area contributed by atoms with E-state index in [1.807, 2.05) is 13.8 Å². The lowest BCUT2D eigenvalue weighted by Crippen LogP contribution is -2.62. The van der Waals surface area contributed by atoms with E-state index in [2.05, 4.69) is 0 Å². The third-order valence-corrected chi connectivity index (χ3v) is 2.52. The van der Waals surface area contributed by atoms with E-state index in [-0.39, 0.29) is 0 Å². The van der Waals surface area contributed by atoms with Crippen LogP contribution in [0.4, 0.5) is 0 Å². The highest BCUT2D eigenvalue weighted by Crippen LogP contribution is 2.32. The predicted molar refractivity (Wildman–Crippen MR) is 48.4 cm³/mol. The topological polar surface area (TPSA) is 72.6 Å². The fourth-order valence-electron chi connectivity index (χ4n) is 1.64. The van der Waals surface area contributed by atoms with Crippen LogP contribution in [0.25, 0.3) is 0 Å². The van der Waals surface area contributed by atoms with E-state index in [1.165, 1.54) is 0 Å². The van der Waals surface area contributed by atoms with Gasteiger partial charge in [0, 0.05) is 12.5 Å². The summed E-state index contributed by atoms with van der Waals surface area (Å²) in [5.41, 5.74) is 4.72. The van der Waals surface area contributed by atoms with E-state index < -0.39 is 17.6 Å². The molecule has 3 N–H and O–H groups in total. The zero-order valence-corrected chi connectivity index (χ0v) is 8.12. The number of ether oxygens (including phenoxy) is 1. The SMILES string of the molecule is CC(C)CC(N)C1(C(=O)O)CCO1. The maximum absolute atomic E-state index is 10.9. The summed E-state index contributed by atoms with van der Waals surface area (Å²) < 4.78 is 5.12. The molecule has 0 aromatic rings. The van der Waals surface area contributed by atoms with Crippen molar-refractivity contribution in [2.75, 3.05) is 6.61 Å². The molecule has 0 aromatic carbocycles. The molecule has 0 aliphatic carbocycles. The molecule has 13 heavy (non-hydrogen) atoms. The average molecular weight is 187 g/mol. The molecule has 1 aliphatic heterocycles. The minimum Gasteiger partial charge on any atom is -0.479 e. The Balaban J connectivity index is 2.60. The third kappa shape index (κ3) is 1.84. The van der Waals surface area contributed by atoms with Gasteiger partial charge in [0.05, 0.1) is 6.61 Å². The Labute approximate surface area is 78.1 Å². The predicted octanol–water partition coefficient (Wildman–Crippen LogP) is 0.603. The van der Waals surface area contributed by atoms with Gasteiger partial charge in [0.2, 0.25) is 0 Å². The number of carbonyl (C=O) groups is 1. The molecule has 0 spiro atoms. The molecular formula is C9H17NO3. The molecule has 2 unspecified atom stereocenters. The van der Waals surface area contributed by atoms with Gasteiger partial charge in [0.1, 0.15) is 0 Å². The number of hydrogen-bond acceptors (Lipinski definition) is 3. The summed E-state index contributed by atoms with van der Waals surface area (Å²) in [6, 6.07) is -0.390. The van der Waals surface area contributed by atoms with E-state index in [0.717, 1.165) is 0 Å². The van der Waals surface area contributed by atoms with Crippen LogP contribution < -0.4 is 5.73 Å². The lowest BCUT2D eigenvalue weighted by Gasteiger charge is -2.42. The van der Waals surface area contributed by atoms with Gasteiger partial charge in [-0.05, 0) is 12.3 Å². The van der Waals surface area contributed by atoms with Crippen LogP contribution in [0.5, 0.6) is 0 Å². The van der Waals surface area contributed by atoms with Crippen molar-refractivity contribution in [3.8, 4) is 0 Å². The molecule has 1 fully saturated rings. The summed E-state index contributed by atoms with van der Waals surface area (Å²) in [6.07, 6.45) is 1.22. The maximum Gasteiger partial charge on any atom is 0.337 e. The fraction of sp³-hybridized carbons (Fsp3) is 0.889. The summed E-state index contributed by atoms with van der Waals surface area (Å²) in [5.74, 6) is -0.526. The average Bonchev–Trinajstić information content (AvgIpc) is 1.79. The van der Waals surface area contributed by atoms with Crippen molar-refractivity contribution in [1.82, 2.24) is 0 Å². The standard InChI is InChI=1S/C9H17NO3/c1-6(2)5-7(10)9(8(11)12)3-4-13-9/h6-7H,3-5,10H2,1-2H3,(H,11,12). The van der Waals surface area contributed by atoms with Gasteiger partial charge >= 0.3 is 5.97 Å². The Morgan fingerprint density at radius 2 is 2.23 bits per heavy atom. The first kappa shape index (κ1) is 10.5. The van der Waals surface area contributed by atoms with Crippen molar-refractivity contribution in [2.45, 2.75) is 38.3 Å². The molecule has 1 heterocycles. The van der Waals surface area contributed by atoms with Gasteiger partial charge in [0.25, 0.3) is 0 Å². The second kappa shape index (κ2) is 3.64. The van der Waals surface area contributed by atoms with E-state index in [1.54, 1.807) is 0 Å². The van der Waals surface area contributed by atoms with Crippen LogP contribution >= 0.6 is 0 Å². The first-order chi connectivity index (χ1) is 5.99. The zero-order valence-electron chi connectivity index (χ0n) is 8.12. The number of nitrogens with two attached hydrogens (primary N) is 1. The van der Waals surface area contributed by atoms with E-state index in [0.29, 0.717) is 25.4 Å². The molecule has 76 valence electrons. The van der Waals surface area contributed by atoms with Crippen LogP contribution in [-0.2, 0) is 9.53 Å². The summed E-state index contributed by atoms with van der Waals surface area (Å²) in [5, 5.41) is 8.96. The van der Waals surface area contributed by atoms with Crippen molar-refractivity contribution < 1.29 is 14.6 Å². The third-order valence-electron chi connectivity index (χ3n) is 2.52. The van der Waals surface area contributed by atoms with Crippen molar-refractivity contribution in [2.24, 2.45) is 11.7 Å². The van der Waals surface area contributed by atoms with E-state index in [9.17, 15) is 4.79 Å². The van der Waals surface area contributed by atoms with Crippen LogP contribution in [0.1, 0.15) is 26.7 Å². The van der Waals surface area contributed by atoms with Crippen molar-refractivity contribution >= 4 is 5.97 Å². The van der Waals surface area contributed by atoms with Crippen LogP contribution in [-0.4, -0.2) is 29.3 Å². The van der Waals surface area contributed by atoms with Gasteiger partial charge in [0.15, 0.2) is 5.60 Å². The lowest BCUT2D eigenvalue weighted by atomic mass is 9.82. The Morgan fingerprint density at radius 1 is 1.69 bits per heavy atom. The molecule has 2 atom stereocenters. The minimum atomic E-state index is -1.09. The highest BCUT2D eigenvalue weighted by molar-refractivity contribution is 5.79. The molecule has 1 saturated heterocycles. The maximum atomic E-state index is 10.9. The second-order valence-electron chi connectivity index (χ2n) is 4.03. The van der Waals surface area contributed by atoms with Crippen LogP contribution in [0.2, 0.25) is 0 Å². The molecule has 1 rings (SSSR count). The fourth-order valence-corrected chi connectivity index (χ4v) is 1.64. The molecule has 4 heteroatoms. The van der Waals surface area contributed by atoms with Crippen molar-refractivity contribution in [1.29, 1.82) is 0 Å². The molecule has 0 amide bonds. The van der Waals surface area contributed by atoms with Gasteiger partial charge < -0.3 is 15.6 Å². The lowest BCUT2D eigenvalue weighted by molar-refractivity contribution is -0.200. The first-order valence-electron chi connectivity index (χ1n) is 4.62. The Hall–Kier alpha value is -0.610. The molecule has 0 radical (unpaired) electrons. The Morgan fingerprint density at radius 3 is 2.46 bits per heavy atom. The number of aliphatic carboxylic acids is 1. The van der Waals surface area contributed by atoms with Crippen LogP contribution in [0, 0.1) is 5.92 Å². The van der Waals surface area contributed by atoms with Gasteiger partial charge in [-0.15, -0.1) is 0 Å². The summed E-state index contributed by atoms with van der Waals surface area (Å²) in [4.78, 5) is 10.9. The van der Waals surface area contributed by atoms with Crippen LogP contribution in [0.15, 0.2) is 0 Å². The second-order valence-corrected chi connectivity index (χ2v) is 4.03. The number of hydrogen-bond donors (Lipinski definition) is 2. The van der Waals surface area contributed by atoms with Gasteiger partial charge in [-0.25, -0.2) is 4.79 Å². The highest BCUT2D eigenvalue weighted by atomic mass is 16.5. The van der Waals surface area contributed by atoms with Gasteiger partial charge in [-0.2, -0.15) is 0 Å². The minimum absolute atomic E-state index is 0.390. The summed E-state index contributed by atoms with van der Waals surface area (Å²) in [6.45, 7) is 4.56. The molecule has 4 nitrogen and oxygen atoms in total. The molecule has 1 aliphatic rings. The van der Waals surface area contributed by atoms with E-state index in [4.69, 9.17) is 15.6 Å². The first-order valence-corrected chi connectivity index (χ1v) is 4.62.